The normalized spacial score (nSPS) is 15.3. The van der Waals surface area contributed by atoms with Crippen LogP contribution in [0.2, 0.25) is 0 Å². The van der Waals surface area contributed by atoms with Gasteiger partial charge in [0.25, 0.3) is 0 Å². The number of fused-ring (bicyclic) bond motifs is 2. The molecule has 3 N–H and O–H groups in total. The Labute approximate surface area is 224 Å². The van der Waals surface area contributed by atoms with Crippen LogP contribution in [-0.2, 0) is 24.2 Å². The zero-order chi connectivity index (χ0) is 27.2. The molecule has 2 aliphatic rings. The molecule has 0 fully saturated rings. The maximum Gasteiger partial charge on any atom is 0.407 e. The summed E-state index contributed by atoms with van der Waals surface area (Å²) in [7, 11) is 0. The Morgan fingerprint density at radius 2 is 1.26 bits per heavy atom. The van der Waals surface area contributed by atoms with Gasteiger partial charge in [0.2, 0.25) is 11.6 Å². The second-order valence-electron chi connectivity index (χ2n) is 10.0. The van der Waals surface area contributed by atoms with Gasteiger partial charge in [-0.2, -0.15) is 0 Å². The molecule has 0 saturated heterocycles. The second kappa shape index (κ2) is 11.6. The third-order valence-corrected chi connectivity index (χ3v) is 5.77. The number of benzene rings is 3. The molecule has 0 radical (unpaired) electrons. The van der Waals surface area contributed by atoms with Gasteiger partial charge in [-0.3, -0.25) is 0 Å². The first-order valence-electron chi connectivity index (χ1n) is 12.8. The van der Waals surface area contributed by atoms with E-state index in [2.05, 4.69) is 5.32 Å². The number of rotatable bonds is 7. The van der Waals surface area contributed by atoms with Crippen molar-refractivity contribution in [3.05, 3.63) is 83.4 Å². The number of nitrogens with two attached hydrogens (primary N) is 1. The molecule has 5 rings (SSSR count). The summed E-state index contributed by atoms with van der Waals surface area (Å²) in [4.78, 5) is 11.7. The predicted octanol–water partition coefficient (Wildman–Crippen LogP) is 5.36. The van der Waals surface area contributed by atoms with Gasteiger partial charge in [-0.15, -0.1) is 0 Å². The minimum Gasteiger partial charge on any atom is -0.449 e. The number of carbonyl (C=O) groups excluding carboxylic acids is 1. The molecule has 38 heavy (non-hydrogen) atoms. The van der Waals surface area contributed by atoms with Gasteiger partial charge in [0.05, 0.1) is 0 Å². The van der Waals surface area contributed by atoms with Gasteiger partial charge in [0.15, 0.2) is 23.0 Å². The zero-order valence-corrected chi connectivity index (χ0v) is 22.4. The molecule has 2 heterocycles. The first kappa shape index (κ1) is 27.1. The molecule has 3 aromatic rings. The molecule has 0 spiro atoms. The van der Waals surface area contributed by atoms with E-state index in [1.54, 1.807) is 0 Å². The third kappa shape index (κ3) is 7.55. The van der Waals surface area contributed by atoms with Crippen molar-refractivity contribution in [1.82, 2.24) is 5.32 Å². The van der Waals surface area contributed by atoms with Crippen LogP contribution in [0.5, 0.6) is 23.0 Å². The van der Waals surface area contributed by atoms with Crippen molar-refractivity contribution < 1.29 is 28.5 Å². The second-order valence-corrected chi connectivity index (χ2v) is 10.0. The van der Waals surface area contributed by atoms with E-state index in [-0.39, 0.29) is 6.61 Å². The number of carbonyl (C=O) groups is 1. The Morgan fingerprint density at radius 1 is 0.737 bits per heavy atom. The van der Waals surface area contributed by atoms with Crippen molar-refractivity contribution in [2.45, 2.75) is 58.7 Å². The number of nitrogens with one attached hydrogen (secondary N) is 1. The average Bonchev–Trinajstić information content (AvgIpc) is 3.35. The first-order valence-corrected chi connectivity index (χ1v) is 12.8. The fourth-order valence-corrected chi connectivity index (χ4v) is 4.09. The highest BCUT2D eigenvalue weighted by Crippen LogP contribution is 2.40. The lowest BCUT2D eigenvalue weighted by Gasteiger charge is -2.16. The minimum atomic E-state index is -0.625. The monoisotopic (exact) mass is 520 g/mol. The summed E-state index contributed by atoms with van der Waals surface area (Å²) in [6, 6.07) is 21.4. The van der Waals surface area contributed by atoms with Gasteiger partial charge < -0.3 is 34.7 Å². The molecular formula is C30H36N2O6. The minimum absolute atomic E-state index is 0.270. The summed E-state index contributed by atoms with van der Waals surface area (Å²) < 4.78 is 27.7. The molecule has 0 atom stereocenters. The van der Waals surface area contributed by atoms with Crippen LogP contribution in [0, 0.1) is 0 Å². The van der Waals surface area contributed by atoms with Crippen molar-refractivity contribution in [3.63, 3.8) is 0 Å². The Bertz CT molecular complexity index is 1240. The molecule has 0 bridgehead atoms. The lowest BCUT2D eigenvalue weighted by atomic mass is 10.1. The van der Waals surface area contributed by atoms with Gasteiger partial charge in [-0.25, -0.2) is 4.79 Å². The van der Waals surface area contributed by atoms with E-state index < -0.39 is 17.7 Å². The first-order chi connectivity index (χ1) is 18.1. The topological polar surface area (TPSA) is 101 Å². The quantitative estimate of drug-likeness (QED) is 0.433. The number of amides is 1. The van der Waals surface area contributed by atoms with Gasteiger partial charge in [-0.05, 0) is 60.3 Å². The van der Waals surface area contributed by atoms with Gasteiger partial charge in [0, 0.05) is 34.2 Å². The number of alkyl carbamates (subject to hydrolysis) is 1. The third-order valence-electron chi connectivity index (χ3n) is 5.77. The summed E-state index contributed by atoms with van der Waals surface area (Å²) >= 11 is 0. The predicted molar refractivity (Wildman–Crippen MR) is 145 cm³/mol. The van der Waals surface area contributed by atoms with E-state index in [0.29, 0.717) is 19.5 Å². The van der Waals surface area contributed by atoms with E-state index in [1.807, 2.05) is 94.4 Å². The van der Waals surface area contributed by atoms with Gasteiger partial charge in [-0.1, -0.05) is 42.5 Å². The van der Waals surface area contributed by atoms with E-state index in [4.69, 9.17) is 29.4 Å². The maximum absolute atomic E-state index is 11.7. The van der Waals surface area contributed by atoms with Crippen LogP contribution in [0.15, 0.2) is 66.7 Å². The smallest absolute Gasteiger partial charge is 0.407 e. The highest BCUT2D eigenvalue weighted by molar-refractivity contribution is 5.67. The lowest BCUT2D eigenvalue weighted by Crippen LogP contribution is -2.29. The summed E-state index contributed by atoms with van der Waals surface area (Å²) in [6.07, 6.45) is 1.15. The average molecular weight is 521 g/mol. The Kier molecular flexibility index (Phi) is 8.32. The molecule has 8 heteroatoms. The molecule has 0 aromatic heterocycles. The van der Waals surface area contributed by atoms with Crippen molar-refractivity contribution in [2.24, 2.45) is 5.73 Å². The van der Waals surface area contributed by atoms with Crippen molar-refractivity contribution in [1.29, 1.82) is 0 Å². The molecule has 202 valence electrons. The molecule has 1 amide bonds. The van der Waals surface area contributed by atoms with Crippen molar-refractivity contribution >= 4 is 6.09 Å². The van der Waals surface area contributed by atoms with Crippen LogP contribution in [-0.4, -0.2) is 30.8 Å². The Balaban J connectivity index is 0.000000204. The molecule has 3 aromatic carbocycles. The largest absolute Gasteiger partial charge is 0.449 e. The van der Waals surface area contributed by atoms with Crippen LogP contribution in [0.1, 0.15) is 44.4 Å². The van der Waals surface area contributed by atoms with Gasteiger partial charge >= 0.3 is 6.09 Å². The number of hydrogen-bond acceptors (Lipinski definition) is 7. The summed E-state index contributed by atoms with van der Waals surface area (Å²) in [5.74, 6) is 1.96. The van der Waals surface area contributed by atoms with E-state index in [9.17, 15) is 4.79 Å². The molecule has 0 unspecified atom stereocenters. The zero-order valence-electron chi connectivity index (χ0n) is 22.4. The summed E-state index contributed by atoms with van der Waals surface area (Å²) in [6.45, 7) is 8.96. The van der Waals surface area contributed by atoms with Crippen LogP contribution >= 0.6 is 0 Å². The van der Waals surface area contributed by atoms with Crippen molar-refractivity contribution in [3.8, 4) is 23.0 Å². The van der Waals surface area contributed by atoms with E-state index in [1.165, 1.54) is 5.56 Å². The van der Waals surface area contributed by atoms with Crippen LogP contribution < -0.4 is 30.0 Å². The molecule has 8 nitrogen and oxygen atoms in total. The summed E-state index contributed by atoms with van der Waals surface area (Å²) in [5, 5.41) is 2.75. The molecule has 0 saturated carbocycles. The van der Waals surface area contributed by atoms with Crippen molar-refractivity contribution in [2.75, 3.05) is 13.1 Å². The van der Waals surface area contributed by atoms with Gasteiger partial charge in [0.1, 0.15) is 6.61 Å². The SMILES string of the molecule is CC1(C)Oc2ccc(CCN)cc2O1.CC1(C)Oc2ccc(CCNC(=O)OCc3ccccc3)cc2O1. The molecule has 0 aliphatic carbocycles. The highest BCUT2D eigenvalue weighted by Gasteiger charge is 2.32. The maximum atomic E-state index is 11.7. The fraction of sp³-hybridized carbons (Fsp3) is 0.367. The van der Waals surface area contributed by atoms with E-state index >= 15 is 0 Å². The molecular weight excluding hydrogens is 484 g/mol. The fourth-order valence-electron chi connectivity index (χ4n) is 4.09. The number of hydrogen-bond donors (Lipinski definition) is 2. The number of ether oxygens (including phenoxy) is 5. The van der Waals surface area contributed by atoms with Crippen LogP contribution in [0.4, 0.5) is 4.79 Å². The van der Waals surface area contributed by atoms with E-state index in [0.717, 1.165) is 40.5 Å². The van der Waals surface area contributed by atoms with Crippen LogP contribution in [0.25, 0.3) is 0 Å². The highest BCUT2D eigenvalue weighted by atomic mass is 16.7. The van der Waals surface area contributed by atoms with Crippen LogP contribution in [0.3, 0.4) is 0 Å². The Hall–Kier alpha value is -3.91. The lowest BCUT2D eigenvalue weighted by molar-refractivity contribution is -0.0437. The summed E-state index contributed by atoms with van der Waals surface area (Å²) in [5.41, 5.74) is 8.71. The Morgan fingerprint density at radius 3 is 1.82 bits per heavy atom. The standard InChI is InChI=1S/C19H21NO4.C11H15NO2/c1-19(2)23-16-9-8-14(12-17(16)24-19)10-11-20-18(21)22-13-15-6-4-3-5-7-15;1-11(2)13-9-4-3-8(5-6-12)7-10(9)14-11/h3-9,12H,10-11,13H2,1-2H3,(H,20,21);3-4,7H,5-6,12H2,1-2H3. The molecule has 2 aliphatic heterocycles.